The third kappa shape index (κ3) is 1.61. The normalized spacial score (nSPS) is 13.6. The van der Waals surface area contributed by atoms with Crippen LogP contribution in [0, 0.1) is 0 Å². The van der Waals surface area contributed by atoms with Crippen molar-refractivity contribution in [2.45, 2.75) is 4.90 Å². The van der Waals surface area contributed by atoms with Crippen LogP contribution >= 0.6 is 11.8 Å². The molecule has 1 aliphatic rings. The Bertz CT molecular complexity index is 519. The fourth-order valence-corrected chi connectivity index (χ4v) is 2.59. The van der Waals surface area contributed by atoms with Gasteiger partial charge in [0.05, 0.1) is 5.69 Å². The number of rotatable bonds is 1. The molecule has 0 amide bonds. The Morgan fingerprint density at radius 2 is 1.56 bits per heavy atom. The average Bonchev–Trinajstić information content (AvgIpc) is 2.39. The molecule has 0 aliphatic carbocycles. The molecule has 2 aromatic rings. The van der Waals surface area contributed by atoms with E-state index in [4.69, 9.17) is 0 Å². The number of fused-ring (bicyclic) bond motifs is 1. The summed E-state index contributed by atoms with van der Waals surface area (Å²) < 4.78 is 0. The molecule has 2 heteroatoms. The Morgan fingerprint density at radius 3 is 2.44 bits per heavy atom. The second kappa shape index (κ2) is 4.06. The van der Waals surface area contributed by atoms with Gasteiger partial charge < -0.3 is 4.90 Å². The molecular weight excluding hydrogens is 214 g/mol. The fraction of sp³-hybridized carbons (Fsp3) is 0. The maximum absolute atomic E-state index is 2.21. The lowest BCUT2D eigenvalue weighted by molar-refractivity contribution is 1.22. The molecule has 0 spiro atoms. The number of nitrogens with zero attached hydrogens (tertiary/aromatic N) is 1. The summed E-state index contributed by atoms with van der Waals surface area (Å²) in [4.78, 5) is 3.51. The Labute approximate surface area is 99.4 Å². The number of anilines is 2. The van der Waals surface area contributed by atoms with Gasteiger partial charge in [-0.15, -0.1) is 0 Å². The summed E-state index contributed by atoms with van der Waals surface area (Å²) in [5.74, 6) is 0. The Balaban J connectivity index is 2.09. The predicted octanol–water partition coefficient (Wildman–Crippen LogP) is 4.40. The van der Waals surface area contributed by atoms with Gasteiger partial charge in [-0.1, -0.05) is 42.1 Å². The molecule has 0 bridgehead atoms. The molecule has 2 aromatic carbocycles. The third-order valence-corrected chi connectivity index (χ3v) is 3.42. The average molecular weight is 225 g/mol. The summed E-state index contributed by atoms with van der Waals surface area (Å²) in [6.07, 6.45) is 2.11. The summed E-state index contributed by atoms with van der Waals surface area (Å²) in [5, 5.41) is 2.12. The van der Waals surface area contributed by atoms with E-state index in [2.05, 4.69) is 65.0 Å². The van der Waals surface area contributed by atoms with Crippen LogP contribution in [-0.2, 0) is 0 Å². The molecule has 0 unspecified atom stereocenters. The lowest BCUT2D eigenvalue weighted by Gasteiger charge is -2.25. The molecule has 78 valence electrons. The van der Waals surface area contributed by atoms with Crippen molar-refractivity contribution in [3.8, 4) is 0 Å². The van der Waals surface area contributed by atoms with Crippen LogP contribution < -0.4 is 4.90 Å². The van der Waals surface area contributed by atoms with Gasteiger partial charge in [-0.3, -0.25) is 0 Å². The van der Waals surface area contributed by atoms with Gasteiger partial charge in [-0.2, -0.15) is 0 Å². The molecule has 0 aromatic heterocycles. The monoisotopic (exact) mass is 225 g/mol. The first kappa shape index (κ1) is 9.55. The van der Waals surface area contributed by atoms with Crippen molar-refractivity contribution in [2.75, 3.05) is 4.90 Å². The Kier molecular flexibility index (Phi) is 2.43. The standard InChI is InChI=1S/C14H11NS/c1-2-6-12(7-3-1)15-10-11-16-14-9-5-4-8-13(14)15/h1-11H. The first-order valence-corrected chi connectivity index (χ1v) is 6.10. The van der Waals surface area contributed by atoms with Gasteiger partial charge in [0.2, 0.25) is 0 Å². The van der Waals surface area contributed by atoms with E-state index >= 15 is 0 Å². The van der Waals surface area contributed by atoms with Gasteiger partial charge in [-0.05, 0) is 29.7 Å². The van der Waals surface area contributed by atoms with Crippen LogP contribution in [0.5, 0.6) is 0 Å². The zero-order valence-corrected chi connectivity index (χ0v) is 9.52. The SMILES string of the molecule is C1=CN(c2ccccc2)c2ccccc2S1. The maximum Gasteiger partial charge on any atom is 0.0594 e. The lowest BCUT2D eigenvalue weighted by atomic mass is 10.2. The zero-order chi connectivity index (χ0) is 10.8. The summed E-state index contributed by atoms with van der Waals surface area (Å²) >= 11 is 1.76. The highest BCUT2D eigenvalue weighted by atomic mass is 32.2. The Hall–Kier alpha value is -1.67. The van der Waals surface area contributed by atoms with Crippen LogP contribution in [0.1, 0.15) is 0 Å². The molecule has 1 nitrogen and oxygen atoms in total. The molecule has 0 N–H and O–H groups in total. The number of hydrogen-bond acceptors (Lipinski definition) is 2. The predicted molar refractivity (Wildman–Crippen MR) is 70.0 cm³/mol. The highest BCUT2D eigenvalue weighted by molar-refractivity contribution is 8.02. The smallest absolute Gasteiger partial charge is 0.0594 e. The molecule has 0 fully saturated rings. The number of para-hydroxylation sites is 2. The van der Waals surface area contributed by atoms with Gasteiger partial charge in [0.1, 0.15) is 0 Å². The van der Waals surface area contributed by atoms with Crippen LogP contribution in [0.3, 0.4) is 0 Å². The highest BCUT2D eigenvalue weighted by Gasteiger charge is 2.13. The zero-order valence-electron chi connectivity index (χ0n) is 8.71. The molecule has 0 atom stereocenters. The fourth-order valence-electron chi connectivity index (χ4n) is 1.81. The minimum Gasteiger partial charge on any atom is -0.316 e. The van der Waals surface area contributed by atoms with Crippen molar-refractivity contribution >= 4 is 23.1 Å². The molecule has 0 saturated heterocycles. The first-order valence-electron chi connectivity index (χ1n) is 5.22. The van der Waals surface area contributed by atoms with Crippen molar-refractivity contribution in [3.05, 3.63) is 66.2 Å². The number of benzene rings is 2. The van der Waals surface area contributed by atoms with E-state index < -0.39 is 0 Å². The van der Waals surface area contributed by atoms with Crippen molar-refractivity contribution < 1.29 is 0 Å². The van der Waals surface area contributed by atoms with Crippen LogP contribution in [0.25, 0.3) is 0 Å². The van der Waals surface area contributed by atoms with Gasteiger partial charge in [0.15, 0.2) is 0 Å². The quantitative estimate of drug-likeness (QED) is 0.707. The number of hydrogen-bond donors (Lipinski definition) is 0. The van der Waals surface area contributed by atoms with E-state index in [0.717, 1.165) is 0 Å². The lowest BCUT2D eigenvalue weighted by Crippen LogP contribution is -2.10. The van der Waals surface area contributed by atoms with Crippen molar-refractivity contribution in [1.29, 1.82) is 0 Å². The van der Waals surface area contributed by atoms with Crippen LogP contribution in [0.2, 0.25) is 0 Å². The van der Waals surface area contributed by atoms with Crippen LogP contribution in [-0.4, -0.2) is 0 Å². The molecule has 0 saturated carbocycles. The van der Waals surface area contributed by atoms with E-state index in [1.807, 2.05) is 6.07 Å². The van der Waals surface area contributed by atoms with Crippen LogP contribution in [0.4, 0.5) is 11.4 Å². The van der Waals surface area contributed by atoms with Crippen molar-refractivity contribution in [1.82, 2.24) is 0 Å². The molecule has 1 heterocycles. The highest BCUT2D eigenvalue weighted by Crippen LogP contribution is 2.38. The summed E-state index contributed by atoms with van der Waals surface area (Å²) in [5.41, 5.74) is 2.45. The Morgan fingerprint density at radius 1 is 0.812 bits per heavy atom. The van der Waals surface area contributed by atoms with Gasteiger partial charge >= 0.3 is 0 Å². The van der Waals surface area contributed by atoms with Gasteiger partial charge in [0, 0.05) is 16.8 Å². The molecule has 0 radical (unpaired) electrons. The van der Waals surface area contributed by atoms with Crippen molar-refractivity contribution in [3.63, 3.8) is 0 Å². The van der Waals surface area contributed by atoms with Gasteiger partial charge in [0.25, 0.3) is 0 Å². The second-order valence-corrected chi connectivity index (χ2v) is 4.52. The topological polar surface area (TPSA) is 3.24 Å². The van der Waals surface area contributed by atoms with Crippen molar-refractivity contribution in [2.24, 2.45) is 0 Å². The van der Waals surface area contributed by atoms with E-state index in [1.54, 1.807) is 11.8 Å². The van der Waals surface area contributed by atoms with E-state index in [0.29, 0.717) is 0 Å². The first-order chi connectivity index (χ1) is 7.95. The summed E-state index contributed by atoms with van der Waals surface area (Å²) in [6.45, 7) is 0. The molecule has 3 rings (SSSR count). The van der Waals surface area contributed by atoms with Gasteiger partial charge in [-0.25, -0.2) is 0 Å². The molecule has 1 aliphatic heterocycles. The minimum absolute atomic E-state index is 1.20. The van der Waals surface area contributed by atoms with Crippen LogP contribution in [0.15, 0.2) is 71.1 Å². The van der Waals surface area contributed by atoms with E-state index in [9.17, 15) is 0 Å². The molecule has 16 heavy (non-hydrogen) atoms. The second-order valence-electron chi connectivity index (χ2n) is 3.58. The summed E-state index contributed by atoms with van der Waals surface area (Å²) in [6, 6.07) is 18.9. The third-order valence-electron chi connectivity index (χ3n) is 2.56. The van der Waals surface area contributed by atoms with E-state index in [1.165, 1.54) is 16.3 Å². The maximum atomic E-state index is 2.21. The molecular formula is C14H11NS. The number of thioether (sulfide) groups is 1. The summed E-state index contributed by atoms with van der Waals surface area (Å²) in [7, 11) is 0. The van der Waals surface area contributed by atoms with E-state index in [-0.39, 0.29) is 0 Å². The minimum atomic E-state index is 1.20. The largest absolute Gasteiger partial charge is 0.316 e.